The molecule has 1 amide bonds. The minimum atomic E-state index is -0.402. The van der Waals surface area contributed by atoms with E-state index in [1.165, 1.54) is 5.01 Å². The molecular weight excluding hydrogens is 274 g/mol. The standard InChI is InChI=1S/C18H17N3O/c1-13-7-6-8-15(11-13)19-12-17-14(2)20-21(18(17)22)16-9-4-3-5-10-16/h3-12,17H,1-2H3/t17-/m1/s1. The minimum Gasteiger partial charge on any atom is -0.271 e. The van der Waals surface area contributed by atoms with Crippen LogP contribution in [0.5, 0.6) is 0 Å². The summed E-state index contributed by atoms with van der Waals surface area (Å²) in [6.07, 6.45) is 1.68. The van der Waals surface area contributed by atoms with E-state index >= 15 is 0 Å². The van der Waals surface area contributed by atoms with Crippen molar-refractivity contribution in [2.24, 2.45) is 16.0 Å². The van der Waals surface area contributed by atoms with Crippen molar-refractivity contribution in [1.29, 1.82) is 0 Å². The number of aliphatic imine (C=N–C) groups is 1. The molecule has 0 fully saturated rings. The first-order chi connectivity index (χ1) is 10.6. The highest BCUT2D eigenvalue weighted by atomic mass is 16.2. The lowest BCUT2D eigenvalue weighted by Crippen LogP contribution is -2.27. The third kappa shape index (κ3) is 2.81. The average Bonchev–Trinajstić information content (AvgIpc) is 2.81. The van der Waals surface area contributed by atoms with Gasteiger partial charge in [0, 0.05) is 6.21 Å². The Morgan fingerprint density at radius 3 is 2.59 bits per heavy atom. The Bertz CT molecular complexity index is 750. The van der Waals surface area contributed by atoms with Gasteiger partial charge >= 0.3 is 0 Å². The Hall–Kier alpha value is -2.75. The summed E-state index contributed by atoms with van der Waals surface area (Å²) >= 11 is 0. The van der Waals surface area contributed by atoms with E-state index in [0.717, 1.165) is 22.6 Å². The van der Waals surface area contributed by atoms with Gasteiger partial charge in [0.15, 0.2) is 0 Å². The molecule has 1 heterocycles. The number of hydrogen-bond donors (Lipinski definition) is 0. The van der Waals surface area contributed by atoms with Crippen LogP contribution in [-0.4, -0.2) is 17.8 Å². The van der Waals surface area contributed by atoms with E-state index in [1.54, 1.807) is 6.21 Å². The molecule has 0 radical (unpaired) electrons. The summed E-state index contributed by atoms with van der Waals surface area (Å²) in [5.74, 6) is -0.471. The van der Waals surface area contributed by atoms with Gasteiger partial charge in [-0.1, -0.05) is 30.3 Å². The molecule has 0 unspecified atom stereocenters. The Balaban J connectivity index is 1.82. The van der Waals surface area contributed by atoms with Crippen LogP contribution in [0.2, 0.25) is 0 Å². The number of aryl methyl sites for hydroxylation is 1. The van der Waals surface area contributed by atoms with Gasteiger partial charge in [0.1, 0.15) is 5.92 Å². The van der Waals surface area contributed by atoms with Gasteiger partial charge in [-0.05, 0) is 43.7 Å². The maximum absolute atomic E-state index is 12.5. The number of anilines is 1. The molecule has 0 aromatic heterocycles. The smallest absolute Gasteiger partial charge is 0.261 e. The number of carbonyl (C=O) groups is 1. The van der Waals surface area contributed by atoms with Crippen LogP contribution in [-0.2, 0) is 4.79 Å². The summed E-state index contributed by atoms with van der Waals surface area (Å²) in [6, 6.07) is 17.3. The zero-order valence-corrected chi connectivity index (χ0v) is 12.6. The van der Waals surface area contributed by atoms with Crippen molar-refractivity contribution in [3.05, 3.63) is 60.2 Å². The zero-order chi connectivity index (χ0) is 15.5. The average molecular weight is 291 g/mol. The van der Waals surface area contributed by atoms with Crippen LogP contribution in [0.4, 0.5) is 11.4 Å². The summed E-state index contributed by atoms with van der Waals surface area (Å²) in [6.45, 7) is 3.87. The molecule has 0 spiro atoms. The number of amides is 1. The zero-order valence-electron chi connectivity index (χ0n) is 12.6. The van der Waals surface area contributed by atoms with Gasteiger partial charge in [0.2, 0.25) is 0 Å². The summed E-state index contributed by atoms with van der Waals surface area (Å²) in [7, 11) is 0. The molecule has 0 N–H and O–H groups in total. The van der Waals surface area contributed by atoms with Crippen LogP contribution < -0.4 is 5.01 Å². The van der Waals surface area contributed by atoms with Gasteiger partial charge in [-0.15, -0.1) is 0 Å². The number of benzene rings is 2. The van der Waals surface area contributed by atoms with Crippen LogP contribution >= 0.6 is 0 Å². The van der Waals surface area contributed by atoms with E-state index in [0.29, 0.717) is 0 Å². The van der Waals surface area contributed by atoms with Crippen molar-refractivity contribution in [1.82, 2.24) is 0 Å². The molecule has 1 aliphatic rings. The van der Waals surface area contributed by atoms with Gasteiger partial charge in [-0.25, -0.2) is 0 Å². The molecular formula is C18H17N3O. The molecule has 1 atom stereocenters. The van der Waals surface area contributed by atoms with E-state index in [2.05, 4.69) is 10.1 Å². The Morgan fingerprint density at radius 1 is 1.09 bits per heavy atom. The highest BCUT2D eigenvalue weighted by Gasteiger charge is 2.33. The van der Waals surface area contributed by atoms with Crippen LogP contribution in [0.25, 0.3) is 0 Å². The van der Waals surface area contributed by atoms with Crippen LogP contribution in [0, 0.1) is 12.8 Å². The minimum absolute atomic E-state index is 0.0693. The third-order valence-electron chi connectivity index (χ3n) is 3.56. The number of carbonyl (C=O) groups excluding carboxylic acids is 1. The maximum atomic E-state index is 12.5. The first-order valence-corrected chi connectivity index (χ1v) is 7.20. The van der Waals surface area contributed by atoms with Crippen LogP contribution in [0.15, 0.2) is 64.7 Å². The number of rotatable bonds is 3. The molecule has 4 heteroatoms. The largest absolute Gasteiger partial charge is 0.271 e. The van der Waals surface area contributed by atoms with E-state index < -0.39 is 5.92 Å². The second kappa shape index (κ2) is 5.93. The summed E-state index contributed by atoms with van der Waals surface area (Å²) in [5, 5.41) is 5.81. The lowest BCUT2D eigenvalue weighted by molar-refractivity contribution is -0.118. The molecule has 0 saturated carbocycles. The first kappa shape index (κ1) is 14.2. The number of para-hydroxylation sites is 1. The highest BCUT2D eigenvalue weighted by molar-refractivity contribution is 6.23. The van der Waals surface area contributed by atoms with Crippen molar-refractivity contribution in [2.45, 2.75) is 13.8 Å². The van der Waals surface area contributed by atoms with Gasteiger partial charge in [0.05, 0.1) is 17.1 Å². The molecule has 0 saturated heterocycles. The lowest BCUT2D eigenvalue weighted by atomic mass is 10.1. The highest BCUT2D eigenvalue weighted by Crippen LogP contribution is 2.23. The fourth-order valence-electron chi connectivity index (χ4n) is 2.37. The summed E-state index contributed by atoms with van der Waals surface area (Å²) in [4.78, 5) is 16.9. The van der Waals surface area contributed by atoms with Gasteiger partial charge < -0.3 is 0 Å². The first-order valence-electron chi connectivity index (χ1n) is 7.20. The van der Waals surface area contributed by atoms with Crippen molar-refractivity contribution < 1.29 is 4.79 Å². The molecule has 22 heavy (non-hydrogen) atoms. The normalized spacial score (nSPS) is 18.1. The fraction of sp³-hybridized carbons (Fsp3) is 0.167. The van der Waals surface area contributed by atoms with Gasteiger partial charge in [0.25, 0.3) is 5.91 Å². The van der Waals surface area contributed by atoms with E-state index in [1.807, 2.05) is 68.4 Å². The van der Waals surface area contributed by atoms with E-state index in [4.69, 9.17) is 0 Å². The van der Waals surface area contributed by atoms with E-state index in [-0.39, 0.29) is 5.91 Å². The quantitative estimate of drug-likeness (QED) is 0.795. The van der Waals surface area contributed by atoms with Crippen molar-refractivity contribution >= 4 is 29.2 Å². The van der Waals surface area contributed by atoms with Crippen LogP contribution in [0.1, 0.15) is 12.5 Å². The molecule has 3 rings (SSSR count). The Kier molecular flexibility index (Phi) is 3.83. The number of hydrogen-bond acceptors (Lipinski definition) is 3. The van der Waals surface area contributed by atoms with Crippen molar-refractivity contribution in [3.8, 4) is 0 Å². The molecule has 4 nitrogen and oxygen atoms in total. The Morgan fingerprint density at radius 2 is 1.86 bits per heavy atom. The molecule has 0 aliphatic carbocycles. The molecule has 110 valence electrons. The fourth-order valence-corrected chi connectivity index (χ4v) is 2.37. The summed E-state index contributed by atoms with van der Waals surface area (Å²) in [5.41, 5.74) is 3.52. The second-order valence-corrected chi connectivity index (χ2v) is 5.32. The van der Waals surface area contributed by atoms with Crippen LogP contribution in [0.3, 0.4) is 0 Å². The van der Waals surface area contributed by atoms with Crippen molar-refractivity contribution in [2.75, 3.05) is 5.01 Å². The monoisotopic (exact) mass is 291 g/mol. The predicted octanol–water partition coefficient (Wildman–Crippen LogP) is 3.74. The molecule has 0 bridgehead atoms. The molecule has 1 aliphatic heterocycles. The molecule has 2 aromatic rings. The Labute approximate surface area is 129 Å². The SMILES string of the molecule is CC1=NN(c2ccccc2)C(=O)[C@@H]1C=Nc1cccc(C)c1. The van der Waals surface area contributed by atoms with E-state index in [9.17, 15) is 4.79 Å². The van der Waals surface area contributed by atoms with Gasteiger partial charge in [-0.3, -0.25) is 9.79 Å². The second-order valence-electron chi connectivity index (χ2n) is 5.32. The maximum Gasteiger partial charge on any atom is 0.261 e. The topological polar surface area (TPSA) is 45.0 Å². The van der Waals surface area contributed by atoms with Crippen molar-refractivity contribution in [3.63, 3.8) is 0 Å². The number of nitrogens with zero attached hydrogens (tertiary/aromatic N) is 3. The summed E-state index contributed by atoms with van der Waals surface area (Å²) < 4.78 is 0. The number of hydrazone groups is 1. The predicted molar refractivity (Wildman–Crippen MR) is 89.9 cm³/mol. The third-order valence-corrected chi connectivity index (χ3v) is 3.56. The molecule has 2 aromatic carbocycles. The van der Waals surface area contributed by atoms with Gasteiger partial charge in [-0.2, -0.15) is 10.1 Å². The lowest BCUT2D eigenvalue weighted by Gasteiger charge is -2.12.